The second-order valence-electron chi connectivity index (χ2n) is 9.00. The van der Waals surface area contributed by atoms with Crippen LogP contribution in [0, 0.1) is 0 Å². The van der Waals surface area contributed by atoms with E-state index in [9.17, 15) is 27.9 Å². The first kappa shape index (κ1) is 27.3. The van der Waals surface area contributed by atoms with Crippen LogP contribution in [0.5, 0.6) is 23.0 Å². The monoisotopic (exact) mass is 581 g/mol. The molecule has 40 heavy (non-hydrogen) atoms. The molecular weight excluding hydrogens is 559 g/mol. The van der Waals surface area contributed by atoms with Crippen LogP contribution in [0.25, 0.3) is 21.8 Å². The predicted octanol–water partition coefficient (Wildman–Crippen LogP) is 5.17. The van der Waals surface area contributed by atoms with Crippen LogP contribution in [-0.2, 0) is 10.9 Å². The zero-order chi connectivity index (χ0) is 29.1. The first-order chi connectivity index (χ1) is 19.0. The molecule has 3 N–H and O–H groups in total. The summed E-state index contributed by atoms with van der Waals surface area (Å²) in [6.45, 7) is -0.0253. The lowest BCUT2D eigenvalue weighted by atomic mass is 9.95. The molecule has 10 nitrogen and oxygen atoms in total. The molecule has 14 heteroatoms. The van der Waals surface area contributed by atoms with Crippen molar-refractivity contribution >= 4 is 51.0 Å². The van der Waals surface area contributed by atoms with Gasteiger partial charge in [0.25, 0.3) is 5.91 Å². The zero-order valence-electron chi connectivity index (χ0n) is 21.6. The van der Waals surface area contributed by atoms with Crippen LogP contribution in [0.1, 0.15) is 38.0 Å². The van der Waals surface area contributed by atoms with Crippen molar-refractivity contribution in [2.45, 2.75) is 12.1 Å². The Kier molecular flexibility index (Phi) is 6.65. The van der Waals surface area contributed by atoms with Gasteiger partial charge < -0.3 is 38.9 Å². The van der Waals surface area contributed by atoms with Crippen LogP contribution in [0.3, 0.4) is 0 Å². The molecule has 2 aromatic heterocycles. The molecule has 0 spiro atoms. The average molecular weight is 582 g/mol. The molecule has 0 fully saturated rings. The number of aromatic hydroxyl groups is 1. The average Bonchev–Trinajstić information content (AvgIpc) is 3.64. The highest BCUT2D eigenvalue weighted by atomic mass is 35.5. The zero-order valence-corrected chi connectivity index (χ0v) is 22.3. The van der Waals surface area contributed by atoms with E-state index in [0.29, 0.717) is 28.2 Å². The fraction of sp³-hybridized carbons (Fsp3) is 0.308. The Hall–Kier alpha value is -4.26. The highest BCUT2D eigenvalue weighted by molar-refractivity contribution is 6.20. The minimum atomic E-state index is -4.96. The smallest absolute Gasteiger partial charge is 0.432 e. The molecule has 1 atom stereocenters. The SMILES string of the molecule is COC(=O)c1c(C(F)(F)F)[nH]c2c(O)cc3c(c12)[C@H](CCl)CN3C(=O)c1cc2cc(OC)c(OC)c(OC)c2[nH]1. The Labute approximate surface area is 229 Å². The van der Waals surface area contributed by atoms with Gasteiger partial charge >= 0.3 is 12.1 Å². The van der Waals surface area contributed by atoms with Crippen molar-refractivity contribution in [1.29, 1.82) is 0 Å². The van der Waals surface area contributed by atoms with Crippen LogP contribution in [0.15, 0.2) is 18.2 Å². The normalized spacial score (nSPS) is 15.0. The van der Waals surface area contributed by atoms with Gasteiger partial charge in [-0.25, -0.2) is 4.79 Å². The molecule has 3 heterocycles. The number of nitrogens with one attached hydrogen (secondary N) is 2. The van der Waals surface area contributed by atoms with Gasteiger partial charge in [0.05, 0.1) is 50.7 Å². The van der Waals surface area contributed by atoms with Crippen LogP contribution in [0.2, 0.25) is 0 Å². The maximum absolute atomic E-state index is 13.9. The molecule has 1 aliphatic heterocycles. The van der Waals surface area contributed by atoms with Gasteiger partial charge in [-0.15, -0.1) is 11.6 Å². The van der Waals surface area contributed by atoms with Gasteiger partial charge in [-0.1, -0.05) is 0 Å². The highest BCUT2D eigenvalue weighted by Gasteiger charge is 2.43. The van der Waals surface area contributed by atoms with Gasteiger partial charge in [-0.2, -0.15) is 13.2 Å². The number of amides is 1. The van der Waals surface area contributed by atoms with Crippen LogP contribution < -0.4 is 19.1 Å². The van der Waals surface area contributed by atoms with E-state index in [1.807, 2.05) is 0 Å². The number of H-pyrrole nitrogens is 2. The minimum absolute atomic E-state index is 0.0253. The fourth-order valence-corrected chi connectivity index (χ4v) is 5.51. The molecule has 1 aliphatic rings. The largest absolute Gasteiger partial charge is 0.506 e. The molecule has 0 saturated heterocycles. The molecule has 5 rings (SSSR count). The third kappa shape index (κ3) is 3.95. The molecule has 4 aromatic rings. The Morgan fingerprint density at radius 3 is 2.33 bits per heavy atom. The summed E-state index contributed by atoms with van der Waals surface area (Å²) in [4.78, 5) is 32.8. The molecular formula is C26H23ClF3N3O7. The molecule has 0 bridgehead atoms. The van der Waals surface area contributed by atoms with Crippen molar-refractivity contribution in [3.8, 4) is 23.0 Å². The number of benzene rings is 2. The summed E-state index contributed by atoms with van der Waals surface area (Å²) in [6.07, 6.45) is -4.96. The lowest BCUT2D eigenvalue weighted by Crippen LogP contribution is -2.30. The van der Waals surface area contributed by atoms with E-state index in [4.69, 9.17) is 25.8 Å². The number of methoxy groups -OCH3 is 4. The van der Waals surface area contributed by atoms with E-state index in [2.05, 4.69) is 14.7 Å². The van der Waals surface area contributed by atoms with Crippen LogP contribution in [-0.4, -0.2) is 67.8 Å². The number of alkyl halides is 4. The second-order valence-corrected chi connectivity index (χ2v) is 9.31. The van der Waals surface area contributed by atoms with E-state index in [0.717, 1.165) is 7.11 Å². The second kappa shape index (κ2) is 9.73. The fourth-order valence-electron chi connectivity index (χ4n) is 5.26. The molecule has 0 unspecified atom stereocenters. The number of fused-ring (bicyclic) bond motifs is 4. The highest BCUT2D eigenvalue weighted by Crippen LogP contribution is 2.50. The Morgan fingerprint density at radius 1 is 1.05 bits per heavy atom. The van der Waals surface area contributed by atoms with E-state index in [1.54, 1.807) is 12.1 Å². The van der Waals surface area contributed by atoms with E-state index in [-0.39, 0.29) is 40.3 Å². The molecule has 1 amide bonds. The van der Waals surface area contributed by atoms with Gasteiger partial charge in [-0.05, 0) is 17.7 Å². The number of halogens is 4. The quantitative estimate of drug-likeness (QED) is 0.212. The third-order valence-corrected chi connectivity index (χ3v) is 7.30. The summed E-state index contributed by atoms with van der Waals surface area (Å²) in [5.74, 6) is -2.18. The summed E-state index contributed by atoms with van der Waals surface area (Å²) >= 11 is 6.22. The number of aromatic amines is 2. The number of nitrogens with zero attached hydrogens (tertiary/aromatic N) is 1. The number of hydrogen-bond acceptors (Lipinski definition) is 7. The van der Waals surface area contributed by atoms with Crippen LogP contribution >= 0.6 is 11.6 Å². The predicted molar refractivity (Wildman–Crippen MR) is 139 cm³/mol. The lowest BCUT2D eigenvalue weighted by Gasteiger charge is -2.17. The third-order valence-electron chi connectivity index (χ3n) is 6.93. The summed E-state index contributed by atoms with van der Waals surface area (Å²) in [5.41, 5.74) is -1.60. The Morgan fingerprint density at radius 2 is 1.75 bits per heavy atom. The summed E-state index contributed by atoms with van der Waals surface area (Å²) in [7, 11) is 5.28. The molecule has 2 aromatic carbocycles. The van der Waals surface area contributed by atoms with Crippen molar-refractivity contribution in [2.24, 2.45) is 0 Å². The maximum atomic E-state index is 13.9. The molecule has 212 valence electrons. The standard InChI is InChI=1S/C26H23ClF3N3O7/c1-37-15-6-10-5-12(31-19(10)22(39-3)21(15)38-2)24(35)33-9-11(8-27)16-13(33)7-14(34)20-17(16)18(25(36)40-4)23(32-20)26(28,29)30/h5-7,11,31-32,34H,8-9H2,1-4H3/t11-/m1/s1. The topological polar surface area (TPSA) is 126 Å². The number of phenols is 1. The van der Waals surface area contributed by atoms with Gasteiger partial charge in [0.1, 0.15) is 17.1 Å². The molecule has 0 radical (unpaired) electrons. The molecule has 0 aliphatic carbocycles. The number of hydrogen-bond donors (Lipinski definition) is 3. The number of rotatable bonds is 6. The van der Waals surface area contributed by atoms with E-state index >= 15 is 0 Å². The number of carbonyl (C=O) groups is 2. The van der Waals surface area contributed by atoms with Gasteiger partial charge in [-0.3, -0.25) is 4.79 Å². The number of esters is 1. The maximum Gasteiger partial charge on any atom is 0.432 e. The number of carbonyl (C=O) groups excluding carboxylic acids is 2. The minimum Gasteiger partial charge on any atom is -0.506 e. The number of ether oxygens (including phenoxy) is 4. The van der Waals surface area contributed by atoms with Crippen molar-refractivity contribution in [3.05, 3.63) is 40.7 Å². The summed E-state index contributed by atoms with van der Waals surface area (Å²) in [6, 6.07) is 4.39. The Balaban J connectivity index is 1.71. The number of anilines is 1. The lowest BCUT2D eigenvalue weighted by molar-refractivity contribution is -0.141. The summed E-state index contributed by atoms with van der Waals surface area (Å²) in [5, 5.41) is 11.1. The van der Waals surface area contributed by atoms with Gasteiger partial charge in [0.2, 0.25) is 5.75 Å². The van der Waals surface area contributed by atoms with Crippen molar-refractivity contribution in [3.63, 3.8) is 0 Å². The number of aromatic nitrogens is 2. The van der Waals surface area contributed by atoms with Gasteiger partial charge in [0.15, 0.2) is 11.5 Å². The van der Waals surface area contributed by atoms with E-state index in [1.165, 1.54) is 32.3 Å². The summed E-state index contributed by atoms with van der Waals surface area (Å²) < 4.78 is 62.6. The van der Waals surface area contributed by atoms with Crippen molar-refractivity contribution < 1.29 is 46.8 Å². The Bertz CT molecular complexity index is 1680. The molecule has 0 saturated carbocycles. The van der Waals surface area contributed by atoms with Crippen molar-refractivity contribution in [2.75, 3.05) is 45.8 Å². The first-order valence-corrected chi connectivity index (χ1v) is 12.3. The first-order valence-electron chi connectivity index (χ1n) is 11.8. The van der Waals surface area contributed by atoms with E-state index < -0.39 is 41.0 Å². The number of phenolic OH excluding ortho intramolecular Hbond substituents is 1. The van der Waals surface area contributed by atoms with Gasteiger partial charge in [0, 0.05) is 35.2 Å². The van der Waals surface area contributed by atoms with Crippen LogP contribution in [0.4, 0.5) is 18.9 Å². The van der Waals surface area contributed by atoms with Crippen molar-refractivity contribution in [1.82, 2.24) is 9.97 Å².